The largest absolute Gasteiger partial charge is 0.330 e. The van der Waals surface area contributed by atoms with Crippen molar-refractivity contribution in [3.05, 3.63) is 29.8 Å². The van der Waals surface area contributed by atoms with E-state index in [4.69, 9.17) is 5.73 Å². The lowest BCUT2D eigenvalue weighted by molar-refractivity contribution is 0.164. The van der Waals surface area contributed by atoms with Crippen LogP contribution in [-0.4, -0.2) is 12.3 Å². The van der Waals surface area contributed by atoms with E-state index in [9.17, 15) is 0 Å². The minimum absolute atomic E-state index is 0.792. The molecule has 1 saturated carbocycles. The second-order valence-electron chi connectivity index (χ2n) is 5.11. The van der Waals surface area contributed by atoms with E-state index in [0.717, 1.165) is 24.3 Å². The lowest BCUT2D eigenvalue weighted by Gasteiger charge is -2.37. The highest BCUT2D eigenvalue weighted by atomic mass is 32.2. The topological polar surface area (TPSA) is 26.0 Å². The number of fused-ring (bicyclic) bond motifs is 1. The number of thioether (sulfide) groups is 1. The fourth-order valence-corrected chi connectivity index (χ4v) is 4.32. The molecule has 3 atom stereocenters. The van der Waals surface area contributed by atoms with E-state index < -0.39 is 0 Å². The fourth-order valence-electron chi connectivity index (χ4n) is 3.05. The molecule has 86 valence electrons. The molecule has 0 radical (unpaired) electrons. The maximum atomic E-state index is 5.79. The number of benzene rings is 1. The Hall–Kier alpha value is -0.470. The molecule has 2 heteroatoms. The van der Waals surface area contributed by atoms with Crippen molar-refractivity contribution in [3.63, 3.8) is 0 Å². The molecule has 1 aromatic rings. The van der Waals surface area contributed by atoms with Gasteiger partial charge in [-0.1, -0.05) is 18.2 Å². The van der Waals surface area contributed by atoms with Crippen LogP contribution in [0, 0.1) is 11.8 Å². The number of hydrogen-bond acceptors (Lipinski definition) is 2. The highest BCUT2D eigenvalue weighted by Gasteiger charge is 2.34. The Balaban J connectivity index is 1.69. The van der Waals surface area contributed by atoms with Gasteiger partial charge >= 0.3 is 0 Å². The van der Waals surface area contributed by atoms with Crippen LogP contribution in [0.1, 0.15) is 30.7 Å². The molecule has 2 N–H and O–H groups in total. The average molecular weight is 233 g/mol. The standard InChI is InChI=1S/C14H19NS/c15-8-11-6-5-10(11)7-12-9-16-14-4-2-1-3-13(12)14/h1-4,10-12H,5-9,15H2. The highest BCUT2D eigenvalue weighted by molar-refractivity contribution is 7.99. The maximum absolute atomic E-state index is 5.79. The fraction of sp³-hybridized carbons (Fsp3) is 0.571. The van der Waals surface area contributed by atoms with E-state index in [1.165, 1.54) is 29.9 Å². The molecule has 1 aliphatic carbocycles. The minimum Gasteiger partial charge on any atom is -0.330 e. The van der Waals surface area contributed by atoms with Crippen molar-refractivity contribution >= 4 is 11.8 Å². The van der Waals surface area contributed by atoms with Crippen LogP contribution in [0.5, 0.6) is 0 Å². The third-order valence-electron chi connectivity index (χ3n) is 4.26. The second-order valence-corrected chi connectivity index (χ2v) is 6.18. The third-order valence-corrected chi connectivity index (χ3v) is 5.52. The number of rotatable bonds is 3. The van der Waals surface area contributed by atoms with Gasteiger partial charge < -0.3 is 5.73 Å². The van der Waals surface area contributed by atoms with Gasteiger partial charge in [0.25, 0.3) is 0 Å². The Morgan fingerprint density at radius 2 is 2.00 bits per heavy atom. The summed E-state index contributed by atoms with van der Waals surface area (Å²) in [5, 5.41) is 0. The molecule has 0 amide bonds. The molecule has 1 fully saturated rings. The van der Waals surface area contributed by atoms with Gasteiger partial charge in [-0.25, -0.2) is 0 Å². The zero-order valence-corrected chi connectivity index (χ0v) is 10.4. The third kappa shape index (κ3) is 1.78. The van der Waals surface area contributed by atoms with Crippen molar-refractivity contribution in [1.29, 1.82) is 0 Å². The summed E-state index contributed by atoms with van der Waals surface area (Å²) in [6.45, 7) is 0.895. The highest BCUT2D eigenvalue weighted by Crippen LogP contribution is 2.47. The molecule has 0 spiro atoms. The first-order chi connectivity index (χ1) is 7.88. The maximum Gasteiger partial charge on any atom is 0.0107 e. The van der Waals surface area contributed by atoms with Crippen LogP contribution in [-0.2, 0) is 0 Å². The lowest BCUT2D eigenvalue weighted by atomic mass is 9.69. The molecule has 3 unspecified atom stereocenters. The Bertz CT molecular complexity index is 375. The predicted molar refractivity (Wildman–Crippen MR) is 69.8 cm³/mol. The second kappa shape index (κ2) is 4.42. The van der Waals surface area contributed by atoms with Gasteiger partial charge in [0, 0.05) is 10.6 Å². The molecule has 1 aliphatic heterocycles. The molecule has 1 heterocycles. The van der Waals surface area contributed by atoms with Crippen molar-refractivity contribution in [3.8, 4) is 0 Å². The van der Waals surface area contributed by atoms with Gasteiger partial charge in [0.05, 0.1) is 0 Å². The van der Waals surface area contributed by atoms with Crippen LogP contribution < -0.4 is 5.73 Å². The molecule has 0 aromatic heterocycles. The molecule has 1 aromatic carbocycles. The Morgan fingerprint density at radius 1 is 1.19 bits per heavy atom. The van der Waals surface area contributed by atoms with E-state index in [2.05, 4.69) is 24.3 Å². The predicted octanol–water partition coefficient (Wildman–Crippen LogP) is 3.25. The summed E-state index contributed by atoms with van der Waals surface area (Å²) < 4.78 is 0. The van der Waals surface area contributed by atoms with Gasteiger partial charge in [-0.05, 0) is 55.2 Å². The van der Waals surface area contributed by atoms with E-state index in [0.29, 0.717) is 0 Å². The van der Waals surface area contributed by atoms with E-state index in [1.54, 1.807) is 5.56 Å². The number of nitrogens with two attached hydrogens (primary N) is 1. The van der Waals surface area contributed by atoms with E-state index >= 15 is 0 Å². The van der Waals surface area contributed by atoms with Crippen molar-refractivity contribution in [1.82, 2.24) is 0 Å². The zero-order valence-electron chi connectivity index (χ0n) is 9.56. The minimum atomic E-state index is 0.792. The molecule has 0 saturated heterocycles. The monoisotopic (exact) mass is 233 g/mol. The molecule has 2 aliphatic rings. The van der Waals surface area contributed by atoms with Crippen LogP contribution >= 0.6 is 11.8 Å². The van der Waals surface area contributed by atoms with Crippen LogP contribution in [0.15, 0.2) is 29.2 Å². The van der Waals surface area contributed by atoms with Crippen molar-refractivity contribution in [2.75, 3.05) is 12.3 Å². The van der Waals surface area contributed by atoms with Crippen molar-refractivity contribution < 1.29 is 0 Å². The normalized spacial score (nSPS) is 32.2. The first-order valence-corrected chi connectivity index (χ1v) is 7.29. The van der Waals surface area contributed by atoms with Crippen molar-refractivity contribution in [2.45, 2.75) is 30.1 Å². The van der Waals surface area contributed by atoms with Crippen LogP contribution in [0.3, 0.4) is 0 Å². The van der Waals surface area contributed by atoms with Gasteiger partial charge in [-0.3, -0.25) is 0 Å². The summed E-state index contributed by atoms with van der Waals surface area (Å²) in [4.78, 5) is 1.51. The zero-order chi connectivity index (χ0) is 11.0. The van der Waals surface area contributed by atoms with E-state index in [-0.39, 0.29) is 0 Å². The Kier molecular flexibility index (Phi) is 2.95. The summed E-state index contributed by atoms with van der Waals surface area (Å²) in [6.07, 6.45) is 4.14. The van der Waals surface area contributed by atoms with E-state index in [1.807, 2.05) is 11.8 Å². The molecule has 0 bridgehead atoms. The Morgan fingerprint density at radius 3 is 2.75 bits per heavy atom. The lowest BCUT2D eigenvalue weighted by Crippen LogP contribution is -2.33. The van der Waals surface area contributed by atoms with Gasteiger partial charge in [0.15, 0.2) is 0 Å². The summed E-state index contributed by atoms with van der Waals surface area (Å²) >= 11 is 2.03. The quantitative estimate of drug-likeness (QED) is 0.867. The molecular weight excluding hydrogens is 214 g/mol. The SMILES string of the molecule is NCC1CCC1CC1CSc2ccccc21. The first kappa shape index (κ1) is 10.7. The number of hydrogen-bond donors (Lipinski definition) is 1. The van der Waals surface area contributed by atoms with Gasteiger partial charge in [0.1, 0.15) is 0 Å². The first-order valence-electron chi connectivity index (χ1n) is 6.30. The molecular formula is C14H19NS. The summed E-state index contributed by atoms with van der Waals surface area (Å²) in [5.41, 5.74) is 7.38. The van der Waals surface area contributed by atoms with Gasteiger partial charge in [0.2, 0.25) is 0 Å². The van der Waals surface area contributed by atoms with Gasteiger partial charge in [-0.2, -0.15) is 0 Å². The molecule has 16 heavy (non-hydrogen) atoms. The smallest absolute Gasteiger partial charge is 0.0107 e. The van der Waals surface area contributed by atoms with Gasteiger partial charge in [-0.15, -0.1) is 11.8 Å². The average Bonchev–Trinajstić information content (AvgIpc) is 2.68. The molecule has 1 nitrogen and oxygen atoms in total. The van der Waals surface area contributed by atoms with Crippen LogP contribution in [0.2, 0.25) is 0 Å². The van der Waals surface area contributed by atoms with Crippen LogP contribution in [0.4, 0.5) is 0 Å². The van der Waals surface area contributed by atoms with Crippen LogP contribution in [0.25, 0.3) is 0 Å². The summed E-state index contributed by atoms with van der Waals surface area (Å²) in [7, 11) is 0. The van der Waals surface area contributed by atoms with Crippen molar-refractivity contribution in [2.24, 2.45) is 17.6 Å². The molecule has 3 rings (SSSR count). The summed E-state index contributed by atoms with van der Waals surface area (Å²) in [5.74, 6) is 3.80. The summed E-state index contributed by atoms with van der Waals surface area (Å²) in [6, 6.07) is 8.91. The Labute approximate surface area is 102 Å².